The highest BCUT2D eigenvalue weighted by molar-refractivity contribution is 5.96. The van der Waals surface area contributed by atoms with E-state index in [0.717, 1.165) is 23.7 Å². The van der Waals surface area contributed by atoms with Crippen molar-refractivity contribution in [2.24, 2.45) is 7.05 Å². The Kier molecular flexibility index (Phi) is 6.18. The summed E-state index contributed by atoms with van der Waals surface area (Å²) < 4.78 is 34.6. The van der Waals surface area contributed by atoms with E-state index in [1.807, 2.05) is 38.1 Å². The van der Waals surface area contributed by atoms with E-state index in [0.29, 0.717) is 28.8 Å². The molecular weight excluding hydrogens is 478 g/mol. The van der Waals surface area contributed by atoms with E-state index < -0.39 is 5.92 Å². The number of carbonyl (C=O) groups excluding carboxylic acids is 1. The van der Waals surface area contributed by atoms with Gasteiger partial charge in [-0.1, -0.05) is 38.1 Å². The fourth-order valence-corrected chi connectivity index (χ4v) is 4.24. The summed E-state index contributed by atoms with van der Waals surface area (Å²) in [4.78, 5) is 32.2. The fraction of sp³-hybridized carbons (Fsp3) is 0.296. The van der Waals surface area contributed by atoms with Crippen LogP contribution in [-0.2, 0) is 24.3 Å². The number of nitrogens with zero attached hydrogens (tertiary/aromatic N) is 6. The topological polar surface area (TPSA) is 86.0 Å². The molecule has 0 spiro atoms. The van der Waals surface area contributed by atoms with E-state index in [2.05, 4.69) is 15.0 Å². The Hall–Kier alpha value is -4.21. The predicted octanol–water partition coefficient (Wildman–Crippen LogP) is 5.10. The highest BCUT2D eigenvalue weighted by atomic mass is 19.3. The van der Waals surface area contributed by atoms with Crippen molar-refractivity contribution in [2.45, 2.75) is 39.2 Å². The van der Waals surface area contributed by atoms with Crippen molar-refractivity contribution < 1.29 is 18.3 Å². The van der Waals surface area contributed by atoms with Crippen molar-refractivity contribution >= 4 is 11.7 Å². The van der Waals surface area contributed by atoms with Gasteiger partial charge in [-0.3, -0.25) is 14.7 Å². The predicted molar refractivity (Wildman–Crippen MR) is 134 cm³/mol. The maximum absolute atomic E-state index is 13.7. The van der Waals surface area contributed by atoms with Crippen molar-refractivity contribution in [1.82, 2.24) is 24.5 Å². The molecule has 1 aliphatic heterocycles. The van der Waals surface area contributed by atoms with Gasteiger partial charge in [-0.05, 0) is 23.6 Å². The smallest absolute Gasteiger partial charge is 0.288 e. The van der Waals surface area contributed by atoms with Gasteiger partial charge in [0.25, 0.3) is 11.8 Å². The Balaban J connectivity index is 1.44. The van der Waals surface area contributed by atoms with E-state index in [1.165, 1.54) is 6.20 Å². The lowest BCUT2D eigenvalue weighted by Gasteiger charge is -2.28. The summed E-state index contributed by atoms with van der Waals surface area (Å²) in [6.45, 7) is 5.07. The zero-order valence-corrected chi connectivity index (χ0v) is 20.9. The van der Waals surface area contributed by atoms with Crippen LogP contribution < -0.4 is 9.64 Å². The Morgan fingerprint density at radius 3 is 2.54 bits per heavy atom. The van der Waals surface area contributed by atoms with E-state index in [4.69, 9.17) is 9.72 Å². The first kappa shape index (κ1) is 24.5. The van der Waals surface area contributed by atoms with Gasteiger partial charge in [-0.25, -0.2) is 15.0 Å². The second kappa shape index (κ2) is 9.34. The van der Waals surface area contributed by atoms with Crippen LogP contribution in [0.15, 0.2) is 55.0 Å². The number of rotatable bonds is 6. The molecule has 5 rings (SSSR count). The summed E-state index contributed by atoms with van der Waals surface area (Å²) in [5.74, 6) is -1.36. The number of pyridine rings is 1. The average molecular weight is 505 g/mol. The monoisotopic (exact) mass is 504 g/mol. The summed E-state index contributed by atoms with van der Waals surface area (Å²) in [6, 6.07) is 11.0. The van der Waals surface area contributed by atoms with Gasteiger partial charge in [0.05, 0.1) is 18.4 Å². The number of aryl methyl sites for hydroxylation is 1. The quantitative estimate of drug-likeness (QED) is 0.363. The second-order valence-corrected chi connectivity index (χ2v) is 9.39. The standard InChI is InChI=1S/C27H26F2N6O2/c1-16(2)23-19(6-5-11-30-23)24-31-12-20-26(33-24)35(22(36)15-37-20)13-17-7-9-18(10-8-17)25-32-21(14-34(25)4)27(3,28)29/h5-12,14,16H,13,15H2,1-4H3. The minimum absolute atomic E-state index is 0.112. The summed E-state index contributed by atoms with van der Waals surface area (Å²) in [6.07, 6.45) is 4.65. The first-order valence-electron chi connectivity index (χ1n) is 11.9. The zero-order valence-electron chi connectivity index (χ0n) is 20.9. The summed E-state index contributed by atoms with van der Waals surface area (Å²) in [5.41, 5.74) is 2.91. The van der Waals surface area contributed by atoms with Gasteiger partial charge < -0.3 is 9.30 Å². The molecule has 0 saturated heterocycles. The molecule has 37 heavy (non-hydrogen) atoms. The molecule has 0 atom stereocenters. The molecular formula is C27H26F2N6O2. The number of amides is 1. The van der Waals surface area contributed by atoms with Gasteiger partial charge in [-0.15, -0.1) is 0 Å². The van der Waals surface area contributed by atoms with Gasteiger partial charge >= 0.3 is 0 Å². The van der Waals surface area contributed by atoms with Crippen LogP contribution in [0.5, 0.6) is 5.75 Å². The Bertz CT molecular complexity index is 1460. The van der Waals surface area contributed by atoms with Crippen molar-refractivity contribution in [2.75, 3.05) is 11.5 Å². The van der Waals surface area contributed by atoms with Gasteiger partial charge in [0.2, 0.25) is 0 Å². The molecule has 0 N–H and O–H groups in total. The summed E-state index contributed by atoms with van der Waals surface area (Å²) in [7, 11) is 1.68. The number of ether oxygens (including phenoxy) is 1. The molecule has 10 heteroatoms. The third kappa shape index (κ3) is 4.78. The van der Waals surface area contributed by atoms with E-state index >= 15 is 0 Å². The minimum Gasteiger partial charge on any atom is -0.478 e. The maximum atomic E-state index is 13.7. The number of anilines is 1. The molecule has 0 aliphatic carbocycles. The first-order valence-corrected chi connectivity index (χ1v) is 11.9. The Morgan fingerprint density at radius 1 is 1.11 bits per heavy atom. The normalized spacial score (nSPS) is 13.6. The van der Waals surface area contributed by atoms with E-state index in [1.54, 1.807) is 41.0 Å². The van der Waals surface area contributed by atoms with Crippen molar-refractivity contribution in [3.63, 3.8) is 0 Å². The molecule has 1 aliphatic rings. The highest BCUT2D eigenvalue weighted by Gasteiger charge is 2.30. The highest BCUT2D eigenvalue weighted by Crippen LogP contribution is 2.34. The van der Waals surface area contributed by atoms with Gasteiger partial charge in [0.1, 0.15) is 11.5 Å². The number of halogens is 2. The molecule has 3 aromatic heterocycles. The number of aromatic nitrogens is 5. The number of alkyl halides is 2. The Morgan fingerprint density at radius 2 is 1.86 bits per heavy atom. The molecule has 0 radical (unpaired) electrons. The van der Waals surface area contributed by atoms with Crippen LogP contribution in [0.1, 0.15) is 43.6 Å². The molecule has 0 bridgehead atoms. The summed E-state index contributed by atoms with van der Waals surface area (Å²) >= 11 is 0. The molecule has 0 fully saturated rings. The molecule has 1 amide bonds. The van der Waals surface area contributed by atoms with Crippen LogP contribution in [0.25, 0.3) is 22.8 Å². The van der Waals surface area contributed by atoms with Crippen LogP contribution >= 0.6 is 0 Å². The van der Waals surface area contributed by atoms with Crippen molar-refractivity contribution in [1.29, 1.82) is 0 Å². The van der Waals surface area contributed by atoms with Crippen LogP contribution in [0, 0.1) is 0 Å². The van der Waals surface area contributed by atoms with Gasteiger partial charge in [0.15, 0.2) is 24.0 Å². The fourth-order valence-electron chi connectivity index (χ4n) is 4.24. The molecule has 1 aromatic carbocycles. The zero-order chi connectivity index (χ0) is 26.3. The van der Waals surface area contributed by atoms with Gasteiger partial charge in [0, 0.05) is 37.5 Å². The van der Waals surface area contributed by atoms with Crippen molar-refractivity contribution in [3.8, 4) is 28.5 Å². The average Bonchev–Trinajstić information content (AvgIpc) is 3.28. The van der Waals surface area contributed by atoms with E-state index in [-0.39, 0.29) is 30.7 Å². The van der Waals surface area contributed by atoms with Crippen LogP contribution in [0.3, 0.4) is 0 Å². The van der Waals surface area contributed by atoms with E-state index in [9.17, 15) is 13.6 Å². The lowest BCUT2D eigenvalue weighted by Crippen LogP contribution is -2.39. The number of hydrogen-bond donors (Lipinski definition) is 0. The number of hydrogen-bond acceptors (Lipinski definition) is 6. The van der Waals surface area contributed by atoms with Gasteiger partial charge in [-0.2, -0.15) is 8.78 Å². The molecule has 0 saturated carbocycles. The third-order valence-electron chi connectivity index (χ3n) is 6.15. The Labute approximate surface area is 213 Å². The maximum Gasteiger partial charge on any atom is 0.288 e. The SMILES string of the molecule is CC(C)c1ncccc1-c1ncc2c(n1)N(Cc1ccc(-c3nc(C(C)(F)F)cn3C)cc1)C(=O)CO2. The van der Waals surface area contributed by atoms with Crippen LogP contribution in [0.4, 0.5) is 14.6 Å². The largest absolute Gasteiger partial charge is 0.478 e. The minimum atomic E-state index is -3.02. The van der Waals surface area contributed by atoms with Crippen molar-refractivity contribution in [3.05, 3.63) is 71.9 Å². The van der Waals surface area contributed by atoms with Crippen LogP contribution in [0.2, 0.25) is 0 Å². The lowest BCUT2D eigenvalue weighted by atomic mass is 10.0. The number of fused-ring (bicyclic) bond motifs is 1. The number of imidazole rings is 1. The number of carbonyl (C=O) groups is 1. The molecule has 0 unspecified atom stereocenters. The summed E-state index contributed by atoms with van der Waals surface area (Å²) in [5, 5.41) is 0. The third-order valence-corrected chi connectivity index (χ3v) is 6.15. The molecule has 8 nitrogen and oxygen atoms in total. The number of benzene rings is 1. The first-order chi connectivity index (χ1) is 17.6. The van der Waals surface area contributed by atoms with Crippen LogP contribution in [-0.4, -0.2) is 37.0 Å². The molecule has 190 valence electrons. The lowest BCUT2D eigenvalue weighted by molar-refractivity contribution is -0.121. The second-order valence-electron chi connectivity index (χ2n) is 9.39. The molecule has 4 heterocycles. The molecule has 4 aromatic rings.